The van der Waals surface area contributed by atoms with E-state index in [-0.39, 0.29) is 4.90 Å². The van der Waals surface area contributed by atoms with Gasteiger partial charge in [0.15, 0.2) is 0 Å². The summed E-state index contributed by atoms with van der Waals surface area (Å²) in [6.45, 7) is 2.45. The van der Waals surface area contributed by atoms with Gasteiger partial charge in [-0.2, -0.15) is 4.31 Å². The van der Waals surface area contributed by atoms with Crippen LogP contribution in [0.2, 0.25) is 0 Å². The van der Waals surface area contributed by atoms with E-state index in [2.05, 4.69) is 9.88 Å². The van der Waals surface area contributed by atoms with Crippen molar-refractivity contribution in [3.63, 3.8) is 0 Å². The van der Waals surface area contributed by atoms with E-state index in [4.69, 9.17) is 0 Å². The zero-order valence-corrected chi connectivity index (χ0v) is 11.3. The predicted molar refractivity (Wildman–Crippen MR) is 67.5 cm³/mol. The molecule has 0 aromatic carbocycles. The van der Waals surface area contributed by atoms with E-state index in [0.717, 1.165) is 25.4 Å². The van der Waals surface area contributed by atoms with Gasteiger partial charge in [-0.05, 0) is 18.9 Å². The average molecular weight is 285 g/mol. The van der Waals surface area contributed by atoms with E-state index < -0.39 is 15.8 Å². The summed E-state index contributed by atoms with van der Waals surface area (Å²) in [7, 11) is -3.61. The summed E-state index contributed by atoms with van der Waals surface area (Å²) < 4.78 is 39.2. The Morgan fingerprint density at radius 3 is 2.42 bits per heavy atom. The molecule has 3 rings (SSSR count). The van der Waals surface area contributed by atoms with Crippen molar-refractivity contribution in [3.05, 3.63) is 24.3 Å². The third-order valence-corrected chi connectivity index (χ3v) is 5.52. The van der Waals surface area contributed by atoms with Gasteiger partial charge in [0, 0.05) is 38.4 Å². The van der Waals surface area contributed by atoms with Crippen LogP contribution in [0.25, 0.3) is 0 Å². The molecule has 1 aromatic rings. The molecule has 1 saturated heterocycles. The summed E-state index contributed by atoms with van der Waals surface area (Å²) in [5.41, 5.74) is 0. The SMILES string of the molecule is O=S(=O)(c1cncc(F)c1)N1CCN(C2CC2)CC1. The maximum absolute atomic E-state index is 13.1. The Morgan fingerprint density at radius 2 is 1.84 bits per heavy atom. The number of aromatic nitrogens is 1. The van der Waals surface area contributed by atoms with Crippen LogP contribution < -0.4 is 0 Å². The molecule has 104 valence electrons. The van der Waals surface area contributed by atoms with Crippen molar-refractivity contribution in [2.45, 2.75) is 23.8 Å². The molecule has 5 nitrogen and oxygen atoms in total. The van der Waals surface area contributed by atoms with Crippen LogP contribution in [0.4, 0.5) is 4.39 Å². The molecule has 1 saturated carbocycles. The highest BCUT2D eigenvalue weighted by Crippen LogP contribution is 2.28. The lowest BCUT2D eigenvalue weighted by Gasteiger charge is -2.33. The lowest BCUT2D eigenvalue weighted by atomic mass is 10.3. The largest absolute Gasteiger partial charge is 0.298 e. The van der Waals surface area contributed by atoms with E-state index in [1.54, 1.807) is 0 Å². The van der Waals surface area contributed by atoms with Gasteiger partial charge in [-0.3, -0.25) is 9.88 Å². The van der Waals surface area contributed by atoms with Crippen molar-refractivity contribution in [3.8, 4) is 0 Å². The number of hydrogen-bond acceptors (Lipinski definition) is 4. The molecule has 0 bridgehead atoms. The maximum atomic E-state index is 13.1. The number of hydrogen-bond donors (Lipinski definition) is 0. The van der Waals surface area contributed by atoms with Gasteiger partial charge >= 0.3 is 0 Å². The minimum Gasteiger partial charge on any atom is -0.298 e. The first-order valence-electron chi connectivity index (χ1n) is 6.42. The highest BCUT2D eigenvalue weighted by molar-refractivity contribution is 7.89. The van der Waals surface area contributed by atoms with Crippen molar-refractivity contribution in [2.75, 3.05) is 26.2 Å². The molecule has 2 aliphatic rings. The first-order valence-corrected chi connectivity index (χ1v) is 7.86. The Balaban J connectivity index is 1.74. The minimum absolute atomic E-state index is 0.0626. The third kappa shape index (κ3) is 2.63. The molecule has 1 aromatic heterocycles. The second kappa shape index (κ2) is 4.81. The highest BCUT2D eigenvalue weighted by Gasteiger charge is 2.35. The van der Waals surface area contributed by atoms with Crippen LogP contribution >= 0.6 is 0 Å². The van der Waals surface area contributed by atoms with E-state index in [1.165, 1.54) is 23.3 Å². The van der Waals surface area contributed by atoms with Crippen LogP contribution in [0.15, 0.2) is 23.4 Å². The molecule has 19 heavy (non-hydrogen) atoms. The second-order valence-electron chi connectivity index (χ2n) is 5.01. The summed E-state index contributed by atoms with van der Waals surface area (Å²) in [6, 6.07) is 1.68. The molecule has 0 unspecified atom stereocenters. The Bertz CT molecular complexity index is 566. The standard InChI is InChI=1S/C12H16FN3O2S/c13-10-7-12(9-14-8-10)19(17,18)16-5-3-15(4-6-16)11-1-2-11/h7-9,11H,1-6H2. The van der Waals surface area contributed by atoms with Crippen LogP contribution in [0.5, 0.6) is 0 Å². The number of sulfonamides is 1. The molecule has 0 amide bonds. The molecule has 7 heteroatoms. The summed E-state index contributed by atoms with van der Waals surface area (Å²) in [6.07, 6.45) is 4.65. The molecular weight excluding hydrogens is 269 g/mol. The van der Waals surface area contributed by atoms with Gasteiger partial charge < -0.3 is 0 Å². The molecule has 1 aliphatic carbocycles. The molecule has 2 fully saturated rings. The molecule has 1 aliphatic heterocycles. The molecule has 0 N–H and O–H groups in total. The number of pyridine rings is 1. The van der Waals surface area contributed by atoms with E-state index in [9.17, 15) is 12.8 Å². The average Bonchev–Trinajstić information content (AvgIpc) is 3.23. The van der Waals surface area contributed by atoms with E-state index in [1.807, 2.05) is 0 Å². The minimum atomic E-state index is -3.61. The van der Waals surface area contributed by atoms with Crippen LogP contribution in [0, 0.1) is 5.82 Å². The van der Waals surface area contributed by atoms with Gasteiger partial charge in [0.05, 0.1) is 6.20 Å². The van der Waals surface area contributed by atoms with Crippen LogP contribution in [-0.4, -0.2) is 54.8 Å². The quantitative estimate of drug-likeness (QED) is 0.820. The Kier molecular flexibility index (Phi) is 3.28. The normalized spacial score (nSPS) is 22.6. The predicted octanol–water partition coefficient (Wildman–Crippen LogP) is 0.689. The van der Waals surface area contributed by atoms with Crippen LogP contribution in [0.1, 0.15) is 12.8 Å². The van der Waals surface area contributed by atoms with Gasteiger partial charge in [-0.15, -0.1) is 0 Å². The van der Waals surface area contributed by atoms with Gasteiger partial charge in [0.25, 0.3) is 0 Å². The Labute approximate surface area is 112 Å². The van der Waals surface area contributed by atoms with Crippen molar-refractivity contribution < 1.29 is 12.8 Å². The van der Waals surface area contributed by atoms with Crippen molar-refractivity contribution in [1.29, 1.82) is 0 Å². The zero-order chi connectivity index (χ0) is 13.5. The zero-order valence-electron chi connectivity index (χ0n) is 10.5. The third-order valence-electron chi connectivity index (χ3n) is 3.65. The maximum Gasteiger partial charge on any atom is 0.244 e. The molecular formula is C12H16FN3O2S. The number of rotatable bonds is 3. The van der Waals surface area contributed by atoms with Crippen molar-refractivity contribution in [1.82, 2.24) is 14.2 Å². The molecule has 0 atom stereocenters. The fourth-order valence-corrected chi connectivity index (χ4v) is 3.83. The number of piperazine rings is 1. The molecule has 2 heterocycles. The summed E-state index contributed by atoms with van der Waals surface area (Å²) in [4.78, 5) is 5.87. The van der Waals surface area contributed by atoms with Crippen LogP contribution in [0.3, 0.4) is 0 Å². The molecule has 0 radical (unpaired) electrons. The smallest absolute Gasteiger partial charge is 0.244 e. The summed E-state index contributed by atoms with van der Waals surface area (Å²) in [5.74, 6) is -0.627. The van der Waals surface area contributed by atoms with Gasteiger partial charge in [0.2, 0.25) is 10.0 Å². The number of halogens is 1. The van der Waals surface area contributed by atoms with E-state index >= 15 is 0 Å². The lowest BCUT2D eigenvalue weighted by molar-refractivity contribution is 0.180. The Morgan fingerprint density at radius 1 is 1.16 bits per heavy atom. The molecule has 0 spiro atoms. The summed E-state index contributed by atoms with van der Waals surface area (Å²) in [5, 5.41) is 0. The monoisotopic (exact) mass is 285 g/mol. The topological polar surface area (TPSA) is 53.5 Å². The van der Waals surface area contributed by atoms with Gasteiger partial charge in [-0.1, -0.05) is 0 Å². The Hall–Kier alpha value is -1.05. The van der Waals surface area contributed by atoms with Crippen LogP contribution in [-0.2, 0) is 10.0 Å². The van der Waals surface area contributed by atoms with Crippen molar-refractivity contribution >= 4 is 10.0 Å². The highest BCUT2D eigenvalue weighted by atomic mass is 32.2. The van der Waals surface area contributed by atoms with Gasteiger partial charge in [-0.25, -0.2) is 12.8 Å². The van der Waals surface area contributed by atoms with Crippen molar-refractivity contribution in [2.24, 2.45) is 0 Å². The first kappa shape index (κ1) is 13.0. The second-order valence-corrected chi connectivity index (χ2v) is 6.95. The number of nitrogens with zero attached hydrogens (tertiary/aromatic N) is 3. The van der Waals surface area contributed by atoms with E-state index in [0.29, 0.717) is 19.1 Å². The fourth-order valence-electron chi connectivity index (χ4n) is 2.43. The summed E-state index contributed by atoms with van der Waals surface area (Å²) >= 11 is 0. The fraction of sp³-hybridized carbons (Fsp3) is 0.583. The van der Waals surface area contributed by atoms with Gasteiger partial charge in [0.1, 0.15) is 10.7 Å². The first-order chi connectivity index (χ1) is 9.07. The lowest BCUT2D eigenvalue weighted by Crippen LogP contribution is -2.49.